The summed E-state index contributed by atoms with van der Waals surface area (Å²) in [7, 11) is -1.50. The highest BCUT2D eigenvalue weighted by molar-refractivity contribution is 7.88. The SMILES string of the molecule is CCN(CCCNCc1c(Cl)cccc1OC)S(C)(=O)=O. The van der Waals surface area contributed by atoms with Crippen molar-refractivity contribution in [2.45, 2.75) is 19.9 Å². The van der Waals surface area contributed by atoms with Gasteiger partial charge < -0.3 is 10.1 Å². The van der Waals surface area contributed by atoms with E-state index in [4.69, 9.17) is 16.3 Å². The predicted octanol–water partition coefficient (Wildman–Crippen LogP) is 2.11. The van der Waals surface area contributed by atoms with E-state index in [0.29, 0.717) is 31.2 Å². The maximum atomic E-state index is 11.4. The second-order valence-electron chi connectivity index (χ2n) is 4.71. The van der Waals surface area contributed by atoms with Gasteiger partial charge in [-0.1, -0.05) is 24.6 Å². The van der Waals surface area contributed by atoms with Gasteiger partial charge in [0.1, 0.15) is 5.75 Å². The first-order valence-electron chi connectivity index (χ1n) is 6.87. The zero-order valence-electron chi connectivity index (χ0n) is 12.7. The van der Waals surface area contributed by atoms with Crippen molar-refractivity contribution in [3.63, 3.8) is 0 Å². The van der Waals surface area contributed by atoms with Crippen LogP contribution in [0.15, 0.2) is 18.2 Å². The summed E-state index contributed by atoms with van der Waals surface area (Å²) >= 11 is 6.15. The Morgan fingerprint density at radius 2 is 2.10 bits per heavy atom. The van der Waals surface area contributed by atoms with Crippen LogP contribution >= 0.6 is 11.6 Å². The highest BCUT2D eigenvalue weighted by atomic mass is 35.5. The quantitative estimate of drug-likeness (QED) is 0.703. The largest absolute Gasteiger partial charge is 0.496 e. The molecular formula is C14H23ClN2O3S. The molecule has 0 saturated heterocycles. The molecule has 7 heteroatoms. The zero-order valence-corrected chi connectivity index (χ0v) is 14.3. The Morgan fingerprint density at radius 1 is 1.38 bits per heavy atom. The number of nitrogens with zero attached hydrogens (tertiary/aromatic N) is 1. The van der Waals surface area contributed by atoms with Crippen molar-refractivity contribution in [2.75, 3.05) is 33.0 Å². The van der Waals surface area contributed by atoms with Gasteiger partial charge in [0.15, 0.2) is 0 Å². The molecule has 1 rings (SSSR count). The monoisotopic (exact) mass is 334 g/mol. The van der Waals surface area contributed by atoms with Crippen molar-refractivity contribution in [2.24, 2.45) is 0 Å². The molecule has 0 aliphatic rings. The number of methoxy groups -OCH3 is 1. The summed E-state index contributed by atoms with van der Waals surface area (Å²) in [5.41, 5.74) is 0.914. The number of nitrogens with one attached hydrogen (secondary N) is 1. The first-order valence-corrected chi connectivity index (χ1v) is 9.10. The average Bonchev–Trinajstić information content (AvgIpc) is 2.42. The van der Waals surface area contributed by atoms with Gasteiger partial charge in [-0.3, -0.25) is 0 Å². The van der Waals surface area contributed by atoms with Gasteiger partial charge in [0.25, 0.3) is 0 Å². The van der Waals surface area contributed by atoms with E-state index in [1.807, 2.05) is 25.1 Å². The molecule has 1 aromatic carbocycles. The van der Waals surface area contributed by atoms with Gasteiger partial charge in [-0.2, -0.15) is 0 Å². The van der Waals surface area contributed by atoms with Crippen LogP contribution < -0.4 is 10.1 Å². The van der Waals surface area contributed by atoms with Crippen molar-refractivity contribution in [1.82, 2.24) is 9.62 Å². The fraction of sp³-hybridized carbons (Fsp3) is 0.571. The first kappa shape index (κ1) is 18.2. The standard InChI is InChI=1S/C14H23ClN2O3S/c1-4-17(21(3,18)19)10-6-9-16-11-12-13(15)7-5-8-14(12)20-2/h5,7-8,16H,4,6,9-11H2,1-3H3. The number of benzene rings is 1. The van der Waals surface area contributed by atoms with Crippen molar-refractivity contribution in [3.8, 4) is 5.75 Å². The highest BCUT2D eigenvalue weighted by Gasteiger charge is 2.13. The Hall–Kier alpha value is -0.820. The van der Waals surface area contributed by atoms with Crippen LogP contribution in [0.2, 0.25) is 5.02 Å². The summed E-state index contributed by atoms with van der Waals surface area (Å²) in [5, 5.41) is 3.92. The minimum Gasteiger partial charge on any atom is -0.496 e. The summed E-state index contributed by atoms with van der Waals surface area (Å²) in [6, 6.07) is 5.53. The van der Waals surface area contributed by atoms with E-state index in [1.165, 1.54) is 10.6 Å². The van der Waals surface area contributed by atoms with E-state index >= 15 is 0 Å². The number of halogens is 1. The normalized spacial score (nSPS) is 11.9. The molecule has 0 spiro atoms. The van der Waals surface area contributed by atoms with Gasteiger partial charge in [0, 0.05) is 30.2 Å². The van der Waals surface area contributed by atoms with E-state index < -0.39 is 10.0 Å². The molecule has 120 valence electrons. The Kier molecular flexibility index (Phi) is 7.45. The van der Waals surface area contributed by atoms with Crippen molar-refractivity contribution in [3.05, 3.63) is 28.8 Å². The molecule has 0 atom stereocenters. The molecule has 1 N–H and O–H groups in total. The molecule has 0 aliphatic heterocycles. The zero-order chi connectivity index (χ0) is 15.9. The lowest BCUT2D eigenvalue weighted by atomic mass is 10.2. The van der Waals surface area contributed by atoms with Gasteiger partial charge in [0.2, 0.25) is 10.0 Å². The van der Waals surface area contributed by atoms with Crippen LogP contribution in [-0.4, -0.2) is 45.7 Å². The van der Waals surface area contributed by atoms with E-state index in [1.54, 1.807) is 7.11 Å². The third-order valence-electron chi connectivity index (χ3n) is 3.18. The predicted molar refractivity (Wildman–Crippen MR) is 86.4 cm³/mol. The Balaban J connectivity index is 2.42. The van der Waals surface area contributed by atoms with Gasteiger partial charge in [-0.25, -0.2) is 12.7 Å². The number of sulfonamides is 1. The summed E-state index contributed by atoms with van der Waals surface area (Å²) in [4.78, 5) is 0. The van der Waals surface area contributed by atoms with E-state index in [0.717, 1.165) is 17.7 Å². The third kappa shape index (κ3) is 5.82. The van der Waals surface area contributed by atoms with E-state index in [9.17, 15) is 8.42 Å². The summed E-state index contributed by atoms with van der Waals surface area (Å²) in [6.45, 7) is 4.15. The average molecular weight is 335 g/mol. The fourth-order valence-corrected chi connectivity index (χ4v) is 3.22. The van der Waals surface area contributed by atoms with Crippen LogP contribution in [0.4, 0.5) is 0 Å². The maximum Gasteiger partial charge on any atom is 0.211 e. The van der Waals surface area contributed by atoms with Crippen LogP contribution in [0.25, 0.3) is 0 Å². The lowest BCUT2D eigenvalue weighted by Gasteiger charge is -2.18. The molecule has 0 aliphatic carbocycles. The molecule has 0 radical (unpaired) electrons. The molecule has 0 bridgehead atoms. The first-order chi connectivity index (χ1) is 9.90. The maximum absolute atomic E-state index is 11.4. The number of hydrogen-bond acceptors (Lipinski definition) is 4. The molecule has 0 heterocycles. The van der Waals surface area contributed by atoms with Gasteiger partial charge in [-0.05, 0) is 25.1 Å². The molecule has 21 heavy (non-hydrogen) atoms. The Morgan fingerprint density at radius 3 is 2.67 bits per heavy atom. The summed E-state index contributed by atoms with van der Waals surface area (Å²) in [6.07, 6.45) is 1.98. The van der Waals surface area contributed by atoms with Crippen LogP contribution in [0.1, 0.15) is 18.9 Å². The molecular weight excluding hydrogens is 312 g/mol. The topological polar surface area (TPSA) is 58.6 Å². The second-order valence-corrected chi connectivity index (χ2v) is 7.10. The van der Waals surface area contributed by atoms with Crippen LogP contribution in [0, 0.1) is 0 Å². The van der Waals surface area contributed by atoms with Crippen LogP contribution in [-0.2, 0) is 16.6 Å². The number of hydrogen-bond donors (Lipinski definition) is 1. The fourth-order valence-electron chi connectivity index (χ4n) is 2.05. The van der Waals surface area contributed by atoms with Crippen LogP contribution in [0.3, 0.4) is 0 Å². The lowest BCUT2D eigenvalue weighted by molar-refractivity contribution is 0.404. The van der Waals surface area contributed by atoms with Gasteiger partial charge >= 0.3 is 0 Å². The number of rotatable bonds is 9. The van der Waals surface area contributed by atoms with Gasteiger partial charge in [0.05, 0.1) is 13.4 Å². The minimum atomic E-state index is -3.11. The highest BCUT2D eigenvalue weighted by Crippen LogP contribution is 2.25. The molecule has 0 saturated carbocycles. The van der Waals surface area contributed by atoms with Crippen molar-refractivity contribution in [1.29, 1.82) is 0 Å². The molecule has 0 amide bonds. The molecule has 0 aromatic heterocycles. The third-order valence-corrected chi connectivity index (χ3v) is 4.91. The lowest BCUT2D eigenvalue weighted by Crippen LogP contribution is -2.32. The second kappa shape index (κ2) is 8.58. The molecule has 0 fully saturated rings. The summed E-state index contributed by atoms with van der Waals surface area (Å²) < 4.78 is 29.6. The van der Waals surface area contributed by atoms with E-state index in [2.05, 4.69) is 5.32 Å². The molecule has 0 unspecified atom stereocenters. The summed E-state index contributed by atoms with van der Waals surface area (Å²) in [5.74, 6) is 0.751. The Labute approximate surface area is 132 Å². The Bertz CT molecular complexity index is 549. The van der Waals surface area contributed by atoms with Crippen molar-refractivity contribution < 1.29 is 13.2 Å². The van der Waals surface area contributed by atoms with Gasteiger partial charge in [-0.15, -0.1) is 0 Å². The number of ether oxygens (including phenoxy) is 1. The van der Waals surface area contributed by atoms with Crippen LogP contribution in [0.5, 0.6) is 5.75 Å². The van der Waals surface area contributed by atoms with E-state index in [-0.39, 0.29) is 0 Å². The minimum absolute atomic E-state index is 0.497. The van der Waals surface area contributed by atoms with Crippen molar-refractivity contribution >= 4 is 21.6 Å². The molecule has 5 nitrogen and oxygen atoms in total. The molecule has 1 aromatic rings. The smallest absolute Gasteiger partial charge is 0.211 e.